The minimum atomic E-state index is -0.850. The van der Waals surface area contributed by atoms with E-state index in [2.05, 4.69) is 22.9 Å². The average Bonchev–Trinajstić information content (AvgIpc) is 2.52. The molecule has 80 valence electrons. The van der Waals surface area contributed by atoms with Crippen molar-refractivity contribution >= 4 is 15.9 Å². The molecule has 1 heterocycles. The minimum absolute atomic E-state index is 0.633. The molecule has 2 nitrogen and oxygen atoms in total. The van der Waals surface area contributed by atoms with E-state index in [1.807, 2.05) is 6.07 Å². The molecule has 1 N–H and O–H groups in total. The van der Waals surface area contributed by atoms with Gasteiger partial charge in [-0.05, 0) is 35.3 Å². The number of furan rings is 1. The molecule has 0 amide bonds. The summed E-state index contributed by atoms with van der Waals surface area (Å²) >= 11 is 3.36. The third-order valence-electron chi connectivity index (χ3n) is 2.37. The Labute approximate surface area is 93.4 Å². The lowest BCUT2D eigenvalue weighted by molar-refractivity contribution is 0.0219. The molecule has 0 aliphatic rings. The summed E-state index contributed by atoms with van der Waals surface area (Å²) in [6.07, 6.45) is 5.67. The van der Waals surface area contributed by atoms with Crippen LogP contribution in [-0.4, -0.2) is 5.11 Å². The molecule has 1 aromatic heterocycles. The van der Waals surface area contributed by atoms with Crippen molar-refractivity contribution in [2.24, 2.45) is 0 Å². The van der Waals surface area contributed by atoms with Crippen LogP contribution in [-0.2, 0) is 5.60 Å². The molecule has 0 bridgehead atoms. The van der Waals surface area contributed by atoms with Gasteiger partial charge in [0.15, 0.2) is 0 Å². The smallest absolute Gasteiger partial charge is 0.149 e. The molecule has 1 rings (SSSR count). The SMILES string of the molecule is CCCCCC(C)(O)c1occc1Br. The molecule has 1 atom stereocenters. The molecule has 3 heteroatoms. The van der Waals surface area contributed by atoms with Gasteiger partial charge in [-0.15, -0.1) is 0 Å². The van der Waals surface area contributed by atoms with Crippen molar-refractivity contribution in [2.45, 2.75) is 45.1 Å². The maximum atomic E-state index is 10.2. The fourth-order valence-electron chi connectivity index (χ4n) is 1.51. The number of rotatable bonds is 5. The Kier molecular flexibility index (Phi) is 4.20. The molecule has 0 aromatic carbocycles. The van der Waals surface area contributed by atoms with Crippen molar-refractivity contribution < 1.29 is 9.52 Å². The Morgan fingerprint density at radius 3 is 2.71 bits per heavy atom. The first kappa shape index (κ1) is 11.8. The van der Waals surface area contributed by atoms with Crippen LogP contribution in [0.1, 0.15) is 45.3 Å². The summed E-state index contributed by atoms with van der Waals surface area (Å²) in [6, 6.07) is 1.81. The van der Waals surface area contributed by atoms with Crippen LogP contribution in [0.25, 0.3) is 0 Å². The normalized spacial score (nSPS) is 15.4. The minimum Gasteiger partial charge on any atom is -0.465 e. The van der Waals surface area contributed by atoms with E-state index in [1.54, 1.807) is 13.2 Å². The van der Waals surface area contributed by atoms with Crippen LogP contribution in [0.3, 0.4) is 0 Å². The Hall–Kier alpha value is -0.280. The second kappa shape index (κ2) is 4.99. The Balaban J connectivity index is 2.61. The second-order valence-electron chi connectivity index (χ2n) is 3.83. The predicted molar refractivity (Wildman–Crippen MR) is 60.1 cm³/mol. The summed E-state index contributed by atoms with van der Waals surface area (Å²) < 4.78 is 6.11. The highest BCUT2D eigenvalue weighted by Crippen LogP contribution is 2.33. The van der Waals surface area contributed by atoms with Crippen molar-refractivity contribution in [3.8, 4) is 0 Å². The highest BCUT2D eigenvalue weighted by molar-refractivity contribution is 9.10. The Bertz CT molecular complexity index is 279. The molecule has 0 radical (unpaired) electrons. The van der Waals surface area contributed by atoms with E-state index in [0.717, 1.165) is 30.2 Å². The van der Waals surface area contributed by atoms with Crippen LogP contribution in [0.5, 0.6) is 0 Å². The van der Waals surface area contributed by atoms with Gasteiger partial charge in [-0.25, -0.2) is 0 Å². The summed E-state index contributed by atoms with van der Waals surface area (Å²) in [7, 11) is 0. The van der Waals surface area contributed by atoms with Crippen molar-refractivity contribution in [3.63, 3.8) is 0 Å². The second-order valence-corrected chi connectivity index (χ2v) is 4.68. The van der Waals surface area contributed by atoms with Crippen molar-refractivity contribution in [2.75, 3.05) is 0 Å². The number of hydrogen-bond donors (Lipinski definition) is 1. The van der Waals surface area contributed by atoms with Crippen molar-refractivity contribution in [1.82, 2.24) is 0 Å². The lowest BCUT2D eigenvalue weighted by Gasteiger charge is -2.21. The van der Waals surface area contributed by atoms with Crippen molar-refractivity contribution in [1.29, 1.82) is 0 Å². The van der Waals surface area contributed by atoms with Gasteiger partial charge in [0, 0.05) is 0 Å². The first-order valence-electron chi connectivity index (χ1n) is 5.04. The third kappa shape index (κ3) is 2.85. The zero-order valence-corrected chi connectivity index (χ0v) is 10.3. The molecule has 1 unspecified atom stereocenters. The van der Waals surface area contributed by atoms with Gasteiger partial charge in [-0.3, -0.25) is 0 Å². The first-order chi connectivity index (χ1) is 6.58. The number of halogens is 1. The predicted octanol–water partition coefficient (Wildman–Crippen LogP) is 3.83. The van der Waals surface area contributed by atoms with E-state index >= 15 is 0 Å². The lowest BCUT2D eigenvalue weighted by atomic mass is 9.96. The van der Waals surface area contributed by atoms with Crippen LogP contribution in [0.15, 0.2) is 21.2 Å². The van der Waals surface area contributed by atoms with Crippen LogP contribution >= 0.6 is 15.9 Å². The standard InChI is InChI=1S/C11H17BrO2/c1-3-4-5-7-11(2,13)10-9(12)6-8-14-10/h6,8,13H,3-5,7H2,1-2H3. The Morgan fingerprint density at radius 2 is 2.21 bits per heavy atom. The molecule has 0 aliphatic heterocycles. The topological polar surface area (TPSA) is 33.4 Å². The van der Waals surface area contributed by atoms with Gasteiger partial charge >= 0.3 is 0 Å². The molecule has 0 aliphatic carbocycles. The van der Waals surface area contributed by atoms with E-state index < -0.39 is 5.60 Å². The van der Waals surface area contributed by atoms with E-state index in [9.17, 15) is 5.11 Å². The molecular formula is C11H17BrO2. The van der Waals surface area contributed by atoms with E-state index in [-0.39, 0.29) is 0 Å². The molecule has 0 fully saturated rings. The molecular weight excluding hydrogens is 244 g/mol. The average molecular weight is 261 g/mol. The Morgan fingerprint density at radius 1 is 1.50 bits per heavy atom. The largest absolute Gasteiger partial charge is 0.465 e. The van der Waals surface area contributed by atoms with Crippen molar-refractivity contribution in [3.05, 3.63) is 22.6 Å². The zero-order valence-electron chi connectivity index (χ0n) is 8.72. The fourth-order valence-corrected chi connectivity index (χ4v) is 2.14. The molecule has 0 spiro atoms. The molecule has 1 aromatic rings. The maximum Gasteiger partial charge on any atom is 0.149 e. The molecule has 0 saturated heterocycles. The van der Waals surface area contributed by atoms with Gasteiger partial charge in [0.25, 0.3) is 0 Å². The number of hydrogen-bond acceptors (Lipinski definition) is 2. The van der Waals surface area contributed by atoms with Crippen LogP contribution < -0.4 is 0 Å². The lowest BCUT2D eigenvalue weighted by Crippen LogP contribution is -2.20. The summed E-state index contributed by atoms with van der Waals surface area (Å²) in [5.74, 6) is 0.633. The van der Waals surface area contributed by atoms with Crippen LogP contribution in [0, 0.1) is 0 Å². The van der Waals surface area contributed by atoms with E-state index in [0.29, 0.717) is 5.76 Å². The summed E-state index contributed by atoms with van der Waals surface area (Å²) in [5, 5.41) is 10.2. The summed E-state index contributed by atoms with van der Waals surface area (Å²) in [6.45, 7) is 3.95. The van der Waals surface area contributed by atoms with E-state index in [1.165, 1.54) is 0 Å². The van der Waals surface area contributed by atoms with Gasteiger partial charge < -0.3 is 9.52 Å². The quantitative estimate of drug-likeness (QED) is 0.817. The van der Waals surface area contributed by atoms with Gasteiger partial charge in [0.2, 0.25) is 0 Å². The monoisotopic (exact) mass is 260 g/mol. The van der Waals surface area contributed by atoms with Crippen LogP contribution in [0.4, 0.5) is 0 Å². The summed E-state index contributed by atoms with van der Waals surface area (Å²) in [4.78, 5) is 0. The summed E-state index contributed by atoms with van der Waals surface area (Å²) in [5.41, 5.74) is -0.850. The maximum absolute atomic E-state index is 10.2. The van der Waals surface area contributed by atoms with Gasteiger partial charge in [-0.2, -0.15) is 0 Å². The van der Waals surface area contributed by atoms with Crippen LogP contribution in [0.2, 0.25) is 0 Å². The first-order valence-corrected chi connectivity index (χ1v) is 5.83. The van der Waals surface area contributed by atoms with Gasteiger partial charge in [0.1, 0.15) is 11.4 Å². The van der Waals surface area contributed by atoms with E-state index in [4.69, 9.17) is 4.42 Å². The third-order valence-corrected chi connectivity index (χ3v) is 3.00. The molecule has 0 saturated carbocycles. The number of aliphatic hydroxyl groups is 1. The molecule has 14 heavy (non-hydrogen) atoms. The fraction of sp³-hybridized carbons (Fsp3) is 0.636. The van der Waals surface area contributed by atoms with Gasteiger partial charge in [0.05, 0.1) is 10.7 Å². The number of unbranched alkanes of at least 4 members (excludes halogenated alkanes) is 2. The highest BCUT2D eigenvalue weighted by atomic mass is 79.9. The highest BCUT2D eigenvalue weighted by Gasteiger charge is 2.28. The van der Waals surface area contributed by atoms with Gasteiger partial charge in [-0.1, -0.05) is 26.2 Å². The zero-order chi connectivity index (χ0) is 10.6.